The fraction of sp³-hybridized carbons (Fsp3) is 0.111. The lowest BCUT2D eigenvalue weighted by Crippen LogP contribution is -2.32. The zero-order chi connectivity index (χ0) is 17.6. The fourth-order valence-corrected chi connectivity index (χ4v) is 3.69. The van der Waals surface area contributed by atoms with Crippen LogP contribution >= 0.6 is 11.3 Å². The maximum absolute atomic E-state index is 13.4. The molecule has 5 nitrogen and oxygen atoms in total. The summed E-state index contributed by atoms with van der Waals surface area (Å²) in [7, 11) is 0. The number of aromatic nitrogens is 2. The first-order valence-corrected chi connectivity index (χ1v) is 8.44. The van der Waals surface area contributed by atoms with Crippen LogP contribution in [0.4, 0.5) is 4.39 Å². The van der Waals surface area contributed by atoms with E-state index in [1.165, 1.54) is 28.4 Å². The zero-order valence-corrected chi connectivity index (χ0v) is 14.0. The van der Waals surface area contributed by atoms with Crippen molar-refractivity contribution in [1.82, 2.24) is 15.1 Å². The third-order valence-electron chi connectivity index (χ3n) is 4.08. The van der Waals surface area contributed by atoms with E-state index >= 15 is 0 Å². The number of carbonyl (C=O) groups excluding carboxylic acids is 2. The third kappa shape index (κ3) is 2.53. The molecule has 3 aromatic rings. The topological polar surface area (TPSA) is 63.2 Å². The highest BCUT2D eigenvalue weighted by Gasteiger charge is 2.39. The minimum absolute atomic E-state index is 0.337. The summed E-state index contributed by atoms with van der Waals surface area (Å²) in [4.78, 5) is 26.3. The average Bonchev–Trinajstić information content (AvgIpc) is 3.20. The van der Waals surface area contributed by atoms with Crippen LogP contribution in [0, 0.1) is 5.82 Å². The predicted molar refractivity (Wildman–Crippen MR) is 90.7 cm³/mol. The number of benzene rings is 2. The van der Waals surface area contributed by atoms with Crippen LogP contribution in [-0.4, -0.2) is 26.9 Å². The Hall–Kier alpha value is -2.93. The number of hydrogen-bond donors (Lipinski definition) is 0. The molecule has 0 N–H and O–H groups in total. The highest BCUT2D eigenvalue weighted by Crippen LogP contribution is 2.34. The highest BCUT2D eigenvalue weighted by atomic mass is 32.1. The Balaban J connectivity index is 1.66. The van der Waals surface area contributed by atoms with Crippen LogP contribution in [0.1, 0.15) is 38.7 Å². The van der Waals surface area contributed by atoms with Gasteiger partial charge in [-0.3, -0.25) is 14.5 Å². The van der Waals surface area contributed by atoms with Gasteiger partial charge >= 0.3 is 0 Å². The maximum Gasteiger partial charge on any atom is 0.262 e. The Morgan fingerprint density at radius 1 is 1.00 bits per heavy atom. The van der Waals surface area contributed by atoms with Crippen molar-refractivity contribution < 1.29 is 14.0 Å². The molecule has 0 spiro atoms. The van der Waals surface area contributed by atoms with Gasteiger partial charge in [-0.15, -0.1) is 10.2 Å². The van der Waals surface area contributed by atoms with Gasteiger partial charge in [0.15, 0.2) is 0 Å². The first kappa shape index (κ1) is 15.6. The van der Waals surface area contributed by atoms with Crippen molar-refractivity contribution in [2.45, 2.75) is 13.0 Å². The quantitative estimate of drug-likeness (QED) is 0.674. The number of rotatable bonds is 3. The van der Waals surface area contributed by atoms with Crippen LogP contribution in [0.2, 0.25) is 0 Å². The highest BCUT2D eigenvalue weighted by molar-refractivity contribution is 7.14. The van der Waals surface area contributed by atoms with Gasteiger partial charge in [-0.2, -0.15) is 0 Å². The molecule has 0 unspecified atom stereocenters. The molecule has 1 aliphatic heterocycles. The van der Waals surface area contributed by atoms with Crippen molar-refractivity contribution >= 4 is 23.2 Å². The number of fused-ring (bicyclic) bond motifs is 1. The van der Waals surface area contributed by atoms with Crippen molar-refractivity contribution in [1.29, 1.82) is 0 Å². The predicted octanol–water partition coefficient (Wildman–Crippen LogP) is 3.70. The minimum Gasteiger partial charge on any atom is -0.269 e. The van der Waals surface area contributed by atoms with Gasteiger partial charge in [0.25, 0.3) is 11.8 Å². The van der Waals surface area contributed by atoms with Gasteiger partial charge in [0.1, 0.15) is 15.8 Å². The molecular weight excluding hydrogens is 341 g/mol. The second kappa shape index (κ2) is 5.86. The Bertz CT molecular complexity index is 966. The molecule has 2 amide bonds. The van der Waals surface area contributed by atoms with E-state index < -0.39 is 6.04 Å². The van der Waals surface area contributed by atoms with Gasteiger partial charge in [0.2, 0.25) is 0 Å². The summed E-state index contributed by atoms with van der Waals surface area (Å²) in [6.07, 6.45) is 0. The van der Waals surface area contributed by atoms with Crippen molar-refractivity contribution in [2.75, 3.05) is 0 Å². The molecular formula is C18H12FN3O2S. The summed E-state index contributed by atoms with van der Waals surface area (Å²) in [5.41, 5.74) is 1.40. The lowest BCUT2D eigenvalue weighted by Gasteiger charge is -2.19. The maximum atomic E-state index is 13.4. The molecule has 0 saturated heterocycles. The van der Waals surface area contributed by atoms with Gasteiger partial charge in [0, 0.05) is 5.56 Å². The summed E-state index contributed by atoms with van der Waals surface area (Å²) in [6.45, 7) is 1.73. The van der Waals surface area contributed by atoms with Crippen LogP contribution in [-0.2, 0) is 0 Å². The second-order valence-electron chi connectivity index (χ2n) is 5.66. The number of imide groups is 1. The van der Waals surface area contributed by atoms with Crippen LogP contribution in [0.15, 0.2) is 48.5 Å². The molecule has 1 atom stereocenters. The molecule has 0 aliphatic carbocycles. The molecule has 124 valence electrons. The van der Waals surface area contributed by atoms with E-state index in [9.17, 15) is 14.0 Å². The van der Waals surface area contributed by atoms with Crippen LogP contribution < -0.4 is 0 Å². The summed E-state index contributed by atoms with van der Waals surface area (Å²) >= 11 is 1.24. The van der Waals surface area contributed by atoms with Gasteiger partial charge in [0.05, 0.1) is 17.2 Å². The van der Waals surface area contributed by atoms with Gasteiger partial charge in [-0.05, 0) is 31.2 Å². The first-order valence-electron chi connectivity index (χ1n) is 7.62. The number of nitrogens with zero attached hydrogens (tertiary/aromatic N) is 3. The van der Waals surface area contributed by atoms with Crippen molar-refractivity contribution in [3.05, 3.63) is 70.5 Å². The fourth-order valence-electron chi connectivity index (χ4n) is 2.81. The Kier molecular flexibility index (Phi) is 3.65. The molecule has 0 bridgehead atoms. The second-order valence-corrected chi connectivity index (χ2v) is 6.67. The van der Waals surface area contributed by atoms with E-state index in [1.54, 1.807) is 43.3 Å². The largest absolute Gasteiger partial charge is 0.269 e. The van der Waals surface area contributed by atoms with E-state index in [1.807, 2.05) is 0 Å². The Morgan fingerprint density at radius 3 is 2.32 bits per heavy atom. The molecule has 1 aliphatic rings. The van der Waals surface area contributed by atoms with E-state index in [2.05, 4.69) is 10.2 Å². The first-order chi connectivity index (χ1) is 12.1. The number of amides is 2. The number of hydrogen-bond acceptors (Lipinski definition) is 5. The molecule has 1 aromatic heterocycles. The summed E-state index contributed by atoms with van der Waals surface area (Å²) in [6, 6.07) is 12.2. The van der Waals surface area contributed by atoms with Crippen LogP contribution in [0.3, 0.4) is 0 Å². The van der Waals surface area contributed by atoms with Crippen LogP contribution in [0.5, 0.6) is 0 Å². The van der Waals surface area contributed by atoms with Gasteiger partial charge in [-0.1, -0.05) is 35.6 Å². The lowest BCUT2D eigenvalue weighted by molar-refractivity contribution is 0.0594. The molecule has 0 fully saturated rings. The lowest BCUT2D eigenvalue weighted by atomic mass is 10.1. The average molecular weight is 353 g/mol. The summed E-state index contributed by atoms with van der Waals surface area (Å²) in [5.74, 6) is -1.03. The van der Waals surface area contributed by atoms with E-state index in [4.69, 9.17) is 0 Å². The monoisotopic (exact) mass is 353 g/mol. The molecule has 25 heavy (non-hydrogen) atoms. The molecule has 2 aromatic carbocycles. The van der Waals surface area contributed by atoms with E-state index in [0.717, 1.165) is 0 Å². The Morgan fingerprint density at radius 2 is 1.68 bits per heavy atom. The molecule has 7 heteroatoms. The van der Waals surface area contributed by atoms with E-state index in [0.29, 0.717) is 26.7 Å². The smallest absolute Gasteiger partial charge is 0.262 e. The summed E-state index contributed by atoms with van der Waals surface area (Å²) in [5, 5.41) is 9.23. The third-order valence-corrected chi connectivity index (χ3v) is 5.22. The van der Waals surface area contributed by atoms with Crippen molar-refractivity contribution in [3.8, 4) is 10.6 Å². The number of halogens is 1. The Labute approximate surface area is 146 Å². The molecule has 0 radical (unpaired) electrons. The van der Waals surface area contributed by atoms with Gasteiger partial charge < -0.3 is 0 Å². The van der Waals surface area contributed by atoms with E-state index in [-0.39, 0.29) is 17.6 Å². The molecule has 0 saturated carbocycles. The molecule has 2 heterocycles. The standard InChI is InChI=1S/C18H12FN3O2S/c1-10(22-17(23)13-7-2-3-8-14(13)18(22)24)15-20-21-16(25-15)11-5-4-6-12(19)9-11/h2-10H,1H3/t10-/m0/s1. The van der Waals surface area contributed by atoms with Crippen molar-refractivity contribution in [2.24, 2.45) is 0 Å². The SMILES string of the molecule is C[C@@H](c1nnc(-c2cccc(F)c2)s1)N1C(=O)c2ccccc2C1=O. The number of carbonyl (C=O) groups is 2. The van der Waals surface area contributed by atoms with Crippen molar-refractivity contribution in [3.63, 3.8) is 0 Å². The summed E-state index contributed by atoms with van der Waals surface area (Å²) < 4.78 is 13.4. The normalized spacial score (nSPS) is 14.7. The minimum atomic E-state index is -0.549. The van der Waals surface area contributed by atoms with Crippen LogP contribution in [0.25, 0.3) is 10.6 Å². The zero-order valence-electron chi connectivity index (χ0n) is 13.1. The molecule has 4 rings (SSSR count). The van der Waals surface area contributed by atoms with Gasteiger partial charge in [-0.25, -0.2) is 4.39 Å².